The quantitative estimate of drug-likeness (QED) is 0.772. The monoisotopic (exact) mass is 307 g/mol. The van der Waals surface area contributed by atoms with Crippen molar-refractivity contribution in [2.45, 2.75) is 33.2 Å². The van der Waals surface area contributed by atoms with E-state index >= 15 is 0 Å². The summed E-state index contributed by atoms with van der Waals surface area (Å²) < 4.78 is 13.5. The summed E-state index contributed by atoms with van der Waals surface area (Å²) in [5.74, 6) is -0.468. The normalized spacial score (nSPS) is 13.6. The molecule has 0 radical (unpaired) electrons. The molecule has 0 saturated carbocycles. The maximum atomic E-state index is 13.5. The summed E-state index contributed by atoms with van der Waals surface area (Å²) in [6.45, 7) is 6.82. The van der Waals surface area contributed by atoms with Gasteiger partial charge in [-0.25, -0.2) is 4.39 Å². The minimum atomic E-state index is -0.468. The lowest BCUT2D eigenvalue weighted by Gasteiger charge is -2.27. The van der Waals surface area contributed by atoms with Gasteiger partial charge in [0.05, 0.1) is 5.02 Å². The second kappa shape index (κ2) is 6.89. The van der Waals surface area contributed by atoms with Crippen molar-refractivity contribution in [3.8, 4) is 0 Å². The smallest absolute Gasteiger partial charge is 0.142 e. The van der Waals surface area contributed by atoms with Gasteiger partial charge in [-0.2, -0.15) is 0 Å². The van der Waals surface area contributed by atoms with Crippen molar-refractivity contribution in [1.29, 1.82) is 0 Å². The Kier molecular flexibility index (Phi) is 6.06. The van der Waals surface area contributed by atoms with Crippen molar-refractivity contribution in [3.63, 3.8) is 0 Å². The number of halogens is 3. The van der Waals surface area contributed by atoms with Crippen molar-refractivity contribution in [3.05, 3.63) is 33.6 Å². The lowest BCUT2D eigenvalue weighted by atomic mass is 9.89. The summed E-state index contributed by atoms with van der Waals surface area (Å²) in [6, 6.07) is 2.61. The van der Waals surface area contributed by atoms with Crippen LogP contribution in [0.4, 0.5) is 4.39 Å². The molecule has 0 fully saturated rings. The highest BCUT2D eigenvalue weighted by atomic mass is 35.5. The molecule has 1 aromatic carbocycles. The molecule has 0 saturated heterocycles. The highest BCUT2D eigenvalue weighted by Crippen LogP contribution is 2.32. The van der Waals surface area contributed by atoms with Crippen LogP contribution in [0.3, 0.4) is 0 Å². The summed E-state index contributed by atoms with van der Waals surface area (Å²) in [4.78, 5) is 0. The summed E-state index contributed by atoms with van der Waals surface area (Å²) >= 11 is 12.0. The molecule has 1 aromatic rings. The number of aliphatic hydroxyl groups is 1. The Morgan fingerprint density at radius 2 is 2.00 bits per heavy atom. The van der Waals surface area contributed by atoms with Crippen LogP contribution in [0.2, 0.25) is 10.0 Å². The average molecular weight is 308 g/mol. The largest absolute Gasteiger partial charge is 0.396 e. The maximum absolute atomic E-state index is 13.5. The fourth-order valence-electron chi connectivity index (χ4n) is 1.86. The molecule has 2 N–H and O–H groups in total. The highest BCUT2D eigenvalue weighted by molar-refractivity contribution is 6.36. The van der Waals surface area contributed by atoms with E-state index in [1.807, 2.05) is 6.92 Å². The number of rotatable bonds is 6. The molecule has 0 aliphatic rings. The van der Waals surface area contributed by atoms with Crippen molar-refractivity contribution in [2.75, 3.05) is 13.2 Å². The minimum absolute atomic E-state index is 0.0463. The van der Waals surface area contributed by atoms with E-state index in [4.69, 9.17) is 28.3 Å². The van der Waals surface area contributed by atoms with E-state index in [-0.39, 0.29) is 23.1 Å². The van der Waals surface area contributed by atoms with Crippen LogP contribution in [0.5, 0.6) is 0 Å². The van der Waals surface area contributed by atoms with E-state index in [2.05, 4.69) is 19.2 Å². The predicted molar refractivity (Wildman–Crippen MR) is 78.3 cm³/mol. The molecule has 1 unspecified atom stereocenters. The van der Waals surface area contributed by atoms with E-state index in [9.17, 15) is 4.39 Å². The van der Waals surface area contributed by atoms with Crippen molar-refractivity contribution < 1.29 is 9.50 Å². The molecule has 0 heterocycles. The molecule has 0 bridgehead atoms. The van der Waals surface area contributed by atoms with Crippen LogP contribution in [0.1, 0.15) is 38.8 Å². The van der Waals surface area contributed by atoms with Crippen LogP contribution in [0.25, 0.3) is 0 Å². The zero-order chi connectivity index (χ0) is 14.6. The SMILES string of the molecule is CC(NCC(C)(C)CCO)c1c(Cl)ccc(F)c1Cl. The minimum Gasteiger partial charge on any atom is -0.396 e. The van der Waals surface area contributed by atoms with Crippen molar-refractivity contribution in [1.82, 2.24) is 5.32 Å². The third-order valence-corrected chi connectivity index (χ3v) is 3.90. The van der Waals surface area contributed by atoms with Gasteiger partial charge in [-0.1, -0.05) is 37.0 Å². The standard InChI is InChI=1S/C14H20Cl2FNO/c1-9(18-8-14(2,3)6-7-19)12-10(15)4-5-11(17)13(12)16/h4-5,9,18-19H,6-8H2,1-3H3. The zero-order valence-corrected chi connectivity index (χ0v) is 12.9. The van der Waals surface area contributed by atoms with Crippen LogP contribution < -0.4 is 5.32 Å². The summed E-state index contributed by atoms with van der Waals surface area (Å²) in [5.41, 5.74) is 0.526. The molecule has 1 atom stereocenters. The first-order valence-corrected chi connectivity index (χ1v) is 7.02. The maximum Gasteiger partial charge on any atom is 0.142 e. The Hall–Kier alpha value is -0.350. The Labute approximate surface area is 123 Å². The van der Waals surface area contributed by atoms with E-state index in [0.29, 0.717) is 23.6 Å². The molecule has 108 valence electrons. The van der Waals surface area contributed by atoms with Gasteiger partial charge in [0.15, 0.2) is 0 Å². The molecule has 0 amide bonds. The van der Waals surface area contributed by atoms with Crippen LogP contribution in [-0.4, -0.2) is 18.3 Å². The first-order valence-electron chi connectivity index (χ1n) is 6.26. The molecule has 0 aliphatic carbocycles. The Morgan fingerprint density at radius 1 is 1.37 bits per heavy atom. The van der Waals surface area contributed by atoms with E-state index in [1.54, 1.807) is 0 Å². The van der Waals surface area contributed by atoms with Gasteiger partial charge in [-0.05, 0) is 30.9 Å². The van der Waals surface area contributed by atoms with Gasteiger partial charge in [0.2, 0.25) is 0 Å². The van der Waals surface area contributed by atoms with Crippen LogP contribution in [0.15, 0.2) is 12.1 Å². The Bertz CT molecular complexity index is 438. The molecule has 2 nitrogen and oxygen atoms in total. The van der Waals surface area contributed by atoms with Gasteiger partial charge in [0.1, 0.15) is 5.82 Å². The first-order chi connectivity index (χ1) is 8.78. The van der Waals surface area contributed by atoms with Crippen molar-refractivity contribution >= 4 is 23.2 Å². The van der Waals surface area contributed by atoms with Crippen molar-refractivity contribution in [2.24, 2.45) is 5.41 Å². The van der Waals surface area contributed by atoms with Gasteiger partial charge in [-0.3, -0.25) is 0 Å². The molecular formula is C14H20Cl2FNO. The second-order valence-electron chi connectivity index (χ2n) is 5.50. The average Bonchev–Trinajstić information content (AvgIpc) is 2.32. The first kappa shape index (κ1) is 16.7. The number of nitrogens with one attached hydrogen (secondary N) is 1. The lowest BCUT2D eigenvalue weighted by molar-refractivity contribution is 0.203. The zero-order valence-electron chi connectivity index (χ0n) is 11.4. The predicted octanol–water partition coefficient (Wildman–Crippen LogP) is 4.19. The highest BCUT2D eigenvalue weighted by Gasteiger charge is 2.21. The summed E-state index contributed by atoms with van der Waals surface area (Å²) in [5, 5.41) is 12.8. The molecule has 0 aromatic heterocycles. The van der Waals surface area contributed by atoms with Gasteiger partial charge >= 0.3 is 0 Å². The molecule has 1 rings (SSSR count). The number of hydrogen-bond acceptors (Lipinski definition) is 2. The van der Waals surface area contributed by atoms with Crippen LogP contribution in [0, 0.1) is 11.2 Å². The van der Waals surface area contributed by atoms with Gasteiger partial charge < -0.3 is 10.4 Å². The second-order valence-corrected chi connectivity index (χ2v) is 6.28. The third kappa shape index (κ3) is 4.60. The van der Waals surface area contributed by atoms with Gasteiger partial charge in [-0.15, -0.1) is 0 Å². The number of hydrogen-bond donors (Lipinski definition) is 2. The van der Waals surface area contributed by atoms with Gasteiger partial charge in [0, 0.05) is 29.8 Å². The van der Waals surface area contributed by atoms with E-state index in [1.165, 1.54) is 12.1 Å². The lowest BCUT2D eigenvalue weighted by Crippen LogP contribution is -2.32. The molecule has 5 heteroatoms. The third-order valence-electron chi connectivity index (χ3n) is 3.19. The fraction of sp³-hybridized carbons (Fsp3) is 0.571. The van der Waals surface area contributed by atoms with E-state index < -0.39 is 5.82 Å². The fourth-order valence-corrected chi connectivity index (χ4v) is 2.56. The topological polar surface area (TPSA) is 32.3 Å². The Balaban J connectivity index is 2.79. The Morgan fingerprint density at radius 3 is 2.58 bits per heavy atom. The summed E-state index contributed by atoms with van der Waals surface area (Å²) in [7, 11) is 0. The molecule has 19 heavy (non-hydrogen) atoms. The molecular weight excluding hydrogens is 288 g/mol. The molecule has 0 spiro atoms. The number of benzene rings is 1. The number of aliphatic hydroxyl groups excluding tert-OH is 1. The van der Waals surface area contributed by atoms with Gasteiger partial charge in [0.25, 0.3) is 0 Å². The molecule has 0 aliphatic heterocycles. The van der Waals surface area contributed by atoms with Crippen LogP contribution in [-0.2, 0) is 0 Å². The van der Waals surface area contributed by atoms with Crippen LogP contribution >= 0.6 is 23.2 Å². The van der Waals surface area contributed by atoms with E-state index in [0.717, 1.165) is 0 Å². The summed E-state index contributed by atoms with van der Waals surface area (Å²) in [6.07, 6.45) is 0.692.